The zero-order chi connectivity index (χ0) is 10.3. The van der Waals surface area contributed by atoms with Crippen molar-refractivity contribution in [2.75, 3.05) is 20.8 Å². The molecule has 2 N–H and O–H groups in total. The standard InChI is InChI=1S/C9H23NO2Si/c1-9(2,7-10)5-6-13-8(11-3)12-4/h8H,5-7,10,13H2,1-4H3. The van der Waals surface area contributed by atoms with Crippen LogP contribution in [0, 0.1) is 5.41 Å². The second-order valence-corrected chi connectivity index (χ2v) is 6.11. The monoisotopic (exact) mass is 205 g/mol. The molecular formula is C9H23NO2Si. The predicted octanol–water partition coefficient (Wildman–Crippen LogP) is 0.525. The van der Waals surface area contributed by atoms with Crippen molar-refractivity contribution in [3.05, 3.63) is 0 Å². The van der Waals surface area contributed by atoms with Gasteiger partial charge in [0.2, 0.25) is 0 Å². The average Bonchev–Trinajstić information content (AvgIpc) is 2.12. The highest BCUT2D eigenvalue weighted by molar-refractivity contribution is 6.36. The molecule has 0 aliphatic rings. The number of rotatable bonds is 7. The molecule has 0 aliphatic heterocycles. The first kappa shape index (κ1) is 13.1. The van der Waals surface area contributed by atoms with Gasteiger partial charge in [0.25, 0.3) is 0 Å². The Bertz CT molecular complexity index is 127. The van der Waals surface area contributed by atoms with E-state index < -0.39 is 0 Å². The molecule has 0 saturated heterocycles. The van der Waals surface area contributed by atoms with Crippen LogP contribution in [0.2, 0.25) is 6.04 Å². The highest BCUT2D eigenvalue weighted by Gasteiger charge is 2.16. The van der Waals surface area contributed by atoms with E-state index in [2.05, 4.69) is 13.8 Å². The van der Waals surface area contributed by atoms with E-state index in [1.165, 1.54) is 12.5 Å². The van der Waals surface area contributed by atoms with Gasteiger partial charge in [-0.3, -0.25) is 0 Å². The van der Waals surface area contributed by atoms with Crippen molar-refractivity contribution in [2.45, 2.75) is 32.2 Å². The molecule has 0 aliphatic carbocycles. The van der Waals surface area contributed by atoms with Crippen molar-refractivity contribution in [3.8, 4) is 0 Å². The van der Waals surface area contributed by atoms with Crippen LogP contribution in [0.25, 0.3) is 0 Å². The number of nitrogens with two attached hydrogens (primary N) is 1. The molecule has 4 heteroatoms. The molecule has 0 heterocycles. The van der Waals surface area contributed by atoms with Gasteiger partial charge in [-0.15, -0.1) is 0 Å². The molecule has 0 radical (unpaired) electrons. The van der Waals surface area contributed by atoms with Crippen LogP contribution in [0.3, 0.4) is 0 Å². The smallest absolute Gasteiger partial charge is 0.134 e. The minimum atomic E-state index is -0.264. The molecule has 80 valence electrons. The summed E-state index contributed by atoms with van der Waals surface area (Å²) in [5.41, 5.74) is 5.92. The fourth-order valence-corrected chi connectivity index (χ4v) is 3.15. The summed E-state index contributed by atoms with van der Waals surface area (Å²) in [5.74, 6) is 0.0774. The van der Waals surface area contributed by atoms with E-state index in [4.69, 9.17) is 15.2 Å². The molecule has 0 bridgehead atoms. The second kappa shape index (κ2) is 6.54. The van der Waals surface area contributed by atoms with E-state index in [0.29, 0.717) is 0 Å². The van der Waals surface area contributed by atoms with Crippen molar-refractivity contribution in [2.24, 2.45) is 11.1 Å². The van der Waals surface area contributed by atoms with Crippen LogP contribution in [-0.4, -0.2) is 36.2 Å². The Morgan fingerprint density at radius 3 is 2.23 bits per heavy atom. The van der Waals surface area contributed by atoms with Crippen LogP contribution in [0.4, 0.5) is 0 Å². The molecule has 0 spiro atoms. The van der Waals surface area contributed by atoms with Crippen molar-refractivity contribution in [1.29, 1.82) is 0 Å². The van der Waals surface area contributed by atoms with E-state index in [1.54, 1.807) is 14.2 Å². The summed E-state index contributed by atoms with van der Waals surface area (Å²) >= 11 is 0. The molecule has 0 aromatic rings. The Labute approximate surface area is 83.8 Å². The van der Waals surface area contributed by atoms with E-state index >= 15 is 0 Å². The van der Waals surface area contributed by atoms with E-state index in [9.17, 15) is 0 Å². The lowest BCUT2D eigenvalue weighted by atomic mass is 9.91. The van der Waals surface area contributed by atoms with Gasteiger partial charge in [-0.05, 0) is 18.4 Å². The average molecular weight is 205 g/mol. The quantitative estimate of drug-likeness (QED) is 0.487. The summed E-state index contributed by atoms with van der Waals surface area (Å²) in [6.07, 6.45) is 1.18. The van der Waals surface area contributed by atoms with Crippen LogP contribution in [-0.2, 0) is 9.47 Å². The largest absolute Gasteiger partial charge is 0.360 e. The normalized spacial score (nSPS) is 13.4. The van der Waals surface area contributed by atoms with Gasteiger partial charge in [0.15, 0.2) is 0 Å². The van der Waals surface area contributed by atoms with Gasteiger partial charge >= 0.3 is 0 Å². The third-order valence-corrected chi connectivity index (χ3v) is 4.27. The summed E-state index contributed by atoms with van der Waals surface area (Å²) < 4.78 is 10.3. The first-order valence-electron chi connectivity index (χ1n) is 4.81. The Morgan fingerprint density at radius 2 is 1.85 bits per heavy atom. The molecular weight excluding hydrogens is 182 g/mol. The third-order valence-electron chi connectivity index (χ3n) is 2.37. The predicted molar refractivity (Wildman–Crippen MR) is 58.6 cm³/mol. The van der Waals surface area contributed by atoms with Crippen LogP contribution in [0.5, 0.6) is 0 Å². The van der Waals surface area contributed by atoms with Crippen LogP contribution < -0.4 is 5.73 Å². The molecule has 0 unspecified atom stereocenters. The van der Waals surface area contributed by atoms with Gasteiger partial charge in [0, 0.05) is 14.2 Å². The van der Waals surface area contributed by atoms with Crippen LogP contribution in [0.15, 0.2) is 0 Å². The number of hydrogen-bond acceptors (Lipinski definition) is 3. The minimum Gasteiger partial charge on any atom is -0.360 e. The Balaban J connectivity index is 3.54. The van der Waals surface area contributed by atoms with E-state index in [-0.39, 0.29) is 20.8 Å². The molecule has 0 aromatic heterocycles. The molecule has 0 saturated carbocycles. The highest BCUT2D eigenvalue weighted by Crippen LogP contribution is 2.20. The van der Waals surface area contributed by atoms with Gasteiger partial charge < -0.3 is 15.2 Å². The summed E-state index contributed by atoms with van der Waals surface area (Å²) in [4.78, 5) is 0. The lowest BCUT2D eigenvalue weighted by Gasteiger charge is -2.22. The lowest BCUT2D eigenvalue weighted by molar-refractivity contribution is -0.0442. The molecule has 13 heavy (non-hydrogen) atoms. The lowest BCUT2D eigenvalue weighted by Crippen LogP contribution is -2.26. The van der Waals surface area contributed by atoms with Crippen molar-refractivity contribution in [3.63, 3.8) is 0 Å². The fraction of sp³-hybridized carbons (Fsp3) is 1.00. The van der Waals surface area contributed by atoms with Gasteiger partial charge in [0.05, 0.1) is 9.52 Å². The van der Waals surface area contributed by atoms with Crippen molar-refractivity contribution >= 4 is 9.52 Å². The SMILES string of the molecule is COC(OC)[SiH2]CCC(C)(C)CN. The first-order valence-corrected chi connectivity index (χ1v) is 6.63. The zero-order valence-electron chi connectivity index (χ0n) is 9.30. The second-order valence-electron chi connectivity index (χ2n) is 4.16. The van der Waals surface area contributed by atoms with Gasteiger partial charge in [0.1, 0.15) is 5.91 Å². The van der Waals surface area contributed by atoms with E-state index in [0.717, 1.165) is 6.54 Å². The maximum atomic E-state index is 5.64. The van der Waals surface area contributed by atoms with Gasteiger partial charge in [-0.2, -0.15) is 0 Å². The number of methoxy groups -OCH3 is 2. The molecule has 0 rings (SSSR count). The molecule has 0 amide bonds. The topological polar surface area (TPSA) is 44.5 Å². The maximum absolute atomic E-state index is 5.64. The molecule has 0 fully saturated rings. The maximum Gasteiger partial charge on any atom is 0.134 e. The summed E-state index contributed by atoms with van der Waals surface area (Å²) in [7, 11) is 3.14. The Kier molecular flexibility index (Phi) is 6.58. The fourth-order valence-electron chi connectivity index (χ4n) is 1.18. The molecule has 3 nitrogen and oxygen atoms in total. The van der Waals surface area contributed by atoms with Crippen molar-refractivity contribution in [1.82, 2.24) is 0 Å². The third kappa shape index (κ3) is 6.21. The summed E-state index contributed by atoms with van der Waals surface area (Å²) in [6, 6.07) is 1.23. The Hall–Kier alpha value is 0.0969. The minimum absolute atomic E-state index is 0.0774. The number of ether oxygens (including phenoxy) is 2. The molecule has 0 aromatic carbocycles. The number of hydrogen-bond donors (Lipinski definition) is 1. The highest BCUT2D eigenvalue weighted by atomic mass is 28.2. The summed E-state index contributed by atoms with van der Waals surface area (Å²) in [5, 5.41) is 0. The molecule has 0 atom stereocenters. The first-order chi connectivity index (χ1) is 6.05. The van der Waals surface area contributed by atoms with Crippen LogP contribution in [0.1, 0.15) is 20.3 Å². The van der Waals surface area contributed by atoms with Gasteiger partial charge in [-0.25, -0.2) is 0 Å². The van der Waals surface area contributed by atoms with Crippen molar-refractivity contribution < 1.29 is 9.47 Å². The van der Waals surface area contributed by atoms with E-state index in [1.807, 2.05) is 0 Å². The zero-order valence-corrected chi connectivity index (χ0v) is 10.7. The van der Waals surface area contributed by atoms with Crippen LogP contribution >= 0.6 is 0 Å². The van der Waals surface area contributed by atoms with Gasteiger partial charge in [-0.1, -0.05) is 19.9 Å². The Morgan fingerprint density at radius 1 is 1.31 bits per heavy atom. The summed E-state index contributed by atoms with van der Waals surface area (Å²) in [6.45, 7) is 5.16.